The molecule has 3 N–H and O–H groups in total. The number of fused-ring (bicyclic) bond motifs is 3. The maximum absolute atomic E-state index is 5.81. The monoisotopic (exact) mass is 254 g/mol. The highest BCUT2D eigenvalue weighted by Gasteiger charge is 2.39. The highest BCUT2D eigenvalue weighted by atomic mass is 15.0. The molecule has 4 nitrogen and oxygen atoms in total. The lowest BCUT2D eigenvalue weighted by atomic mass is 9.95. The number of nitrogens with zero attached hydrogens (tertiary/aromatic N) is 2. The zero-order chi connectivity index (χ0) is 12.8. The van der Waals surface area contributed by atoms with Gasteiger partial charge in [0.15, 0.2) is 0 Å². The number of nitrogens with one attached hydrogen (secondary N) is 1. The summed E-state index contributed by atoms with van der Waals surface area (Å²) in [5, 5.41) is 4.71. The van der Waals surface area contributed by atoms with Crippen molar-refractivity contribution in [3.63, 3.8) is 0 Å². The molecule has 4 rings (SSSR count). The first-order chi connectivity index (χ1) is 9.29. The normalized spacial score (nSPS) is 28.9. The van der Waals surface area contributed by atoms with Gasteiger partial charge in [-0.25, -0.2) is 9.97 Å². The smallest absolute Gasteiger partial charge is 0.137 e. The maximum atomic E-state index is 5.81. The first-order valence-electron chi connectivity index (χ1n) is 7.06. The molecular formula is C15H18N4. The van der Waals surface area contributed by atoms with Crippen molar-refractivity contribution in [2.75, 3.05) is 11.1 Å². The molecule has 0 radical (unpaired) electrons. The van der Waals surface area contributed by atoms with Crippen molar-refractivity contribution in [2.24, 2.45) is 11.8 Å². The molecule has 4 heteroatoms. The third-order valence-corrected chi connectivity index (χ3v) is 4.72. The van der Waals surface area contributed by atoms with E-state index in [1.54, 1.807) is 6.33 Å². The summed E-state index contributed by atoms with van der Waals surface area (Å²) in [4.78, 5) is 8.71. The highest BCUT2D eigenvalue weighted by molar-refractivity contribution is 5.90. The molecule has 2 aliphatic rings. The molecule has 3 atom stereocenters. The third kappa shape index (κ3) is 1.82. The van der Waals surface area contributed by atoms with E-state index < -0.39 is 0 Å². The van der Waals surface area contributed by atoms with E-state index in [0.717, 1.165) is 34.2 Å². The van der Waals surface area contributed by atoms with Crippen LogP contribution in [0.3, 0.4) is 0 Å². The summed E-state index contributed by atoms with van der Waals surface area (Å²) in [6.07, 6.45) is 7.11. The molecule has 1 aromatic heterocycles. The Labute approximate surface area is 112 Å². The van der Waals surface area contributed by atoms with Crippen LogP contribution in [0.25, 0.3) is 10.9 Å². The fourth-order valence-corrected chi connectivity index (χ4v) is 3.79. The standard InChI is InChI=1S/C15H18N4/c16-11-3-4-12-14(7-11)17-8-18-15(12)19-13-6-9-1-2-10(13)5-9/h3-4,7-10,13H,1-2,5-6,16H2,(H,17,18,19). The second-order valence-electron chi connectivity index (χ2n) is 5.92. The van der Waals surface area contributed by atoms with Gasteiger partial charge in [-0.1, -0.05) is 6.42 Å². The van der Waals surface area contributed by atoms with Gasteiger partial charge >= 0.3 is 0 Å². The summed E-state index contributed by atoms with van der Waals surface area (Å²) in [6.45, 7) is 0. The Morgan fingerprint density at radius 1 is 1.16 bits per heavy atom. The summed E-state index contributed by atoms with van der Waals surface area (Å²) in [6, 6.07) is 6.43. The van der Waals surface area contributed by atoms with E-state index in [1.165, 1.54) is 25.7 Å². The number of benzene rings is 1. The van der Waals surface area contributed by atoms with Crippen LogP contribution < -0.4 is 11.1 Å². The number of anilines is 2. The Hall–Kier alpha value is -1.84. The first-order valence-corrected chi connectivity index (χ1v) is 7.06. The number of aromatic nitrogens is 2. The predicted octanol–water partition coefficient (Wildman–Crippen LogP) is 2.81. The van der Waals surface area contributed by atoms with Gasteiger partial charge in [-0.15, -0.1) is 0 Å². The lowest BCUT2D eigenvalue weighted by Gasteiger charge is -2.23. The molecule has 98 valence electrons. The van der Waals surface area contributed by atoms with Crippen LogP contribution >= 0.6 is 0 Å². The van der Waals surface area contributed by atoms with Crippen LogP contribution in [0.15, 0.2) is 24.5 Å². The molecule has 2 fully saturated rings. The lowest BCUT2D eigenvalue weighted by Crippen LogP contribution is -2.26. The van der Waals surface area contributed by atoms with E-state index in [2.05, 4.69) is 15.3 Å². The maximum Gasteiger partial charge on any atom is 0.137 e. The highest BCUT2D eigenvalue weighted by Crippen LogP contribution is 2.45. The van der Waals surface area contributed by atoms with Crippen LogP contribution in [-0.4, -0.2) is 16.0 Å². The molecule has 1 aromatic carbocycles. The average Bonchev–Trinajstić information content (AvgIpc) is 3.01. The molecule has 1 heterocycles. The van der Waals surface area contributed by atoms with E-state index in [4.69, 9.17) is 5.73 Å². The van der Waals surface area contributed by atoms with Crippen molar-refractivity contribution in [1.29, 1.82) is 0 Å². The molecule has 0 spiro atoms. The Balaban J connectivity index is 1.67. The molecule has 0 aliphatic heterocycles. The van der Waals surface area contributed by atoms with Gasteiger partial charge in [-0.3, -0.25) is 0 Å². The van der Waals surface area contributed by atoms with Crippen molar-refractivity contribution < 1.29 is 0 Å². The number of rotatable bonds is 2. The van der Waals surface area contributed by atoms with Crippen LogP contribution in [0.2, 0.25) is 0 Å². The van der Waals surface area contributed by atoms with Crippen molar-refractivity contribution >= 4 is 22.4 Å². The van der Waals surface area contributed by atoms with Crippen LogP contribution in [0.1, 0.15) is 25.7 Å². The lowest BCUT2D eigenvalue weighted by molar-refractivity contribution is 0.439. The van der Waals surface area contributed by atoms with Crippen LogP contribution in [0.5, 0.6) is 0 Å². The number of hydrogen-bond donors (Lipinski definition) is 2. The number of nitrogen functional groups attached to an aromatic ring is 1. The van der Waals surface area contributed by atoms with Gasteiger partial charge in [0.05, 0.1) is 5.52 Å². The largest absolute Gasteiger partial charge is 0.399 e. The van der Waals surface area contributed by atoms with Gasteiger partial charge in [0.2, 0.25) is 0 Å². The van der Waals surface area contributed by atoms with Gasteiger partial charge in [0, 0.05) is 17.1 Å². The fraction of sp³-hybridized carbons (Fsp3) is 0.467. The van der Waals surface area contributed by atoms with Crippen LogP contribution in [0, 0.1) is 11.8 Å². The Morgan fingerprint density at radius 2 is 2.11 bits per heavy atom. The minimum Gasteiger partial charge on any atom is -0.399 e. The molecule has 19 heavy (non-hydrogen) atoms. The summed E-state index contributed by atoms with van der Waals surface area (Å²) in [7, 11) is 0. The van der Waals surface area contributed by atoms with Crippen molar-refractivity contribution in [1.82, 2.24) is 9.97 Å². The fourth-order valence-electron chi connectivity index (χ4n) is 3.79. The molecule has 0 amide bonds. The Morgan fingerprint density at radius 3 is 2.89 bits per heavy atom. The van der Waals surface area contributed by atoms with E-state index in [0.29, 0.717) is 6.04 Å². The van der Waals surface area contributed by atoms with Gasteiger partial charge < -0.3 is 11.1 Å². The third-order valence-electron chi connectivity index (χ3n) is 4.72. The van der Waals surface area contributed by atoms with Gasteiger partial charge in [0.25, 0.3) is 0 Å². The molecular weight excluding hydrogens is 236 g/mol. The molecule has 2 aromatic rings. The number of hydrogen-bond acceptors (Lipinski definition) is 4. The Kier molecular flexibility index (Phi) is 2.37. The first kappa shape index (κ1) is 11.0. The molecule has 2 saturated carbocycles. The van der Waals surface area contributed by atoms with Gasteiger partial charge in [0.1, 0.15) is 12.1 Å². The van der Waals surface area contributed by atoms with E-state index in [1.807, 2.05) is 18.2 Å². The minimum atomic E-state index is 0.592. The summed E-state index contributed by atoms with van der Waals surface area (Å²) in [5.41, 5.74) is 7.47. The molecule has 0 saturated heterocycles. The van der Waals surface area contributed by atoms with Crippen molar-refractivity contribution in [3.05, 3.63) is 24.5 Å². The predicted molar refractivity (Wildman–Crippen MR) is 76.8 cm³/mol. The average molecular weight is 254 g/mol. The van der Waals surface area contributed by atoms with Crippen molar-refractivity contribution in [3.8, 4) is 0 Å². The quantitative estimate of drug-likeness (QED) is 0.809. The van der Waals surface area contributed by atoms with E-state index >= 15 is 0 Å². The van der Waals surface area contributed by atoms with Crippen LogP contribution in [-0.2, 0) is 0 Å². The van der Waals surface area contributed by atoms with E-state index in [9.17, 15) is 0 Å². The molecule has 2 bridgehead atoms. The topological polar surface area (TPSA) is 63.8 Å². The molecule has 3 unspecified atom stereocenters. The van der Waals surface area contributed by atoms with E-state index in [-0.39, 0.29) is 0 Å². The second kappa shape index (κ2) is 4.08. The zero-order valence-corrected chi connectivity index (χ0v) is 10.8. The summed E-state index contributed by atoms with van der Waals surface area (Å²) < 4.78 is 0. The SMILES string of the molecule is Nc1ccc2c(NC3CC4CCC3C4)ncnc2c1. The van der Waals surface area contributed by atoms with Crippen LogP contribution in [0.4, 0.5) is 11.5 Å². The number of nitrogens with two attached hydrogens (primary N) is 1. The zero-order valence-electron chi connectivity index (χ0n) is 10.8. The summed E-state index contributed by atoms with van der Waals surface area (Å²) >= 11 is 0. The van der Waals surface area contributed by atoms with Crippen molar-refractivity contribution in [2.45, 2.75) is 31.7 Å². The second-order valence-corrected chi connectivity index (χ2v) is 5.92. The summed E-state index contributed by atoms with van der Waals surface area (Å²) in [5.74, 6) is 2.73. The Bertz CT molecular complexity index is 625. The van der Waals surface area contributed by atoms with Gasteiger partial charge in [-0.05, 0) is 49.3 Å². The minimum absolute atomic E-state index is 0.592. The molecule has 2 aliphatic carbocycles. The van der Waals surface area contributed by atoms with Gasteiger partial charge in [-0.2, -0.15) is 0 Å².